The number of nitrogens with two attached hydrogens (primary N) is 2. The van der Waals surface area contributed by atoms with Crippen LogP contribution in [0.3, 0.4) is 0 Å². The van der Waals surface area contributed by atoms with Gasteiger partial charge < -0.3 is 57.9 Å². The van der Waals surface area contributed by atoms with Crippen LogP contribution in [0.5, 0.6) is 0 Å². The van der Waals surface area contributed by atoms with Crippen molar-refractivity contribution < 1.29 is 48.9 Å². The molecule has 0 unspecified atom stereocenters. The molecule has 0 aromatic carbocycles. The average Bonchev–Trinajstić information content (AvgIpc) is 3.72. The van der Waals surface area contributed by atoms with Gasteiger partial charge in [0.15, 0.2) is 0 Å². The van der Waals surface area contributed by atoms with Crippen LogP contribution in [0, 0.1) is 0 Å². The number of carbonyl (C=O) groups excluding carboxylic acids is 5. The second-order valence-corrected chi connectivity index (χ2v) is 10.8. The predicted octanol–water partition coefficient (Wildman–Crippen LogP) is -4.09. The highest BCUT2D eigenvalue weighted by molar-refractivity contribution is 5.95. The summed E-state index contributed by atoms with van der Waals surface area (Å²) >= 11 is 0. The number of aromatic nitrogens is 2. The molecule has 19 nitrogen and oxygen atoms in total. The lowest BCUT2D eigenvalue weighted by Gasteiger charge is -2.28. The second-order valence-electron chi connectivity index (χ2n) is 10.8. The standard InChI is InChI=1S/C27H43N9O10/c28-8-2-1-4-17(27(45)46)34-24(42)18(10-15-11-30-14-32-15)33-21(38)12-31-23(41)19(13-37)35-25(43)20-5-3-9-36(20)26(44)16(29)6-7-22(39)40/h11,14,16-20,37H,1-10,12-13,28-29H2,(H,30,32)(H,31,41)(H,33,38)(H,34,42)(H,35,43)(H,39,40)(H,45,46)/t16-,17-,18-,19-,20-/m0/s1. The maximum absolute atomic E-state index is 13.0. The maximum Gasteiger partial charge on any atom is 0.326 e. The zero-order chi connectivity index (χ0) is 34.2. The molecule has 1 aromatic heterocycles. The molecular formula is C27H43N9O10. The van der Waals surface area contributed by atoms with Gasteiger partial charge in [0, 0.05) is 31.3 Å². The van der Waals surface area contributed by atoms with Crippen molar-refractivity contribution in [1.29, 1.82) is 0 Å². The van der Waals surface area contributed by atoms with Crippen LogP contribution in [0.4, 0.5) is 0 Å². The number of aliphatic hydroxyl groups is 1. The highest BCUT2D eigenvalue weighted by atomic mass is 16.4. The van der Waals surface area contributed by atoms with Crippen LogP contribution in [-0.2, 0) is 40.0 Å². The van der Waals surface area contributed by atoms with Gasteiger partial charge in [0.05, 0.1) is 25.5 Å². The van der Waals surface area contributed by atoms with E-state index in [9.17, 15) is 43.8 Å². The summed E-state index contributed by atoms with van der Waals surface area (Å²) in [5.74, 6) is -6.28. The van der Waals surface area contributed by atoms with Gasteiger partial charge in [-0.05, 0) is 45.1 Å². The Hall–Kier alpha value is -4.62. The Kier molecular flexibility index (Phi) is 15.5. The number of amides is 5. The fourth-order valence-electron chi connectivity index (χ4n) is 4.76. The number of likely N-dealkylation sites (tertiary alicyclic amines) is 1. The van der Waals surface area contributed by atoms with Crippen molar-refractivity contribution in [2.75, 3.05) is 26.2 Å². The maximum atomic E-state index is 13.0. The fourth-order valence-corrected chi connectivity index (χ4v) is 4.76. The van der Waals surface area contributed by atoms with Crippen molar-refractivity contribution in [2.24, 2.45) is 11.5 Å². The first kappa shape index (κ1) is 37.6. The molecular weight excluding hydrogens is 610 g/mol. The SMILES string of the molecule is NCCCC[C@H](NC(=O)[C@H](Cc1cnc[nH]1)NC(=O)CNC(=O)[C@H](CO)NC(=O)[C@@H]1CCCN1C(=O)[C@@H](N)CCC(=O)O)C(=O)O. The third kappa shape index (κ3) is 12.1. The zero-order valence-electron chi connectivity index (χ0n) is 25.3. The van der Waals surface area contributed by atoms with Gasteiger partial charge in [0.25, 0.3) is 0 Å². The Bertz CT molecular complexity index is 1210. The number of unbranched alkanes of at least 4 members (excludes halogenated alkanes) is 1. The Labute approximate surface area is 264 Å². The van der Waals surface area contributed by atoms with Crippen LogP contribution < -0.4 is 32.7 Å². The number of rotatable bonds is 20. The highest BCUT2D eigenvalue weighted by Crippen LogP contribution is 2.19. The topological polar surface area (TPSA) is 312 Å². The van der Waals surface area contributed by atoms with E-state index in [-0.39, 0.29) is 38.6 Å². The van der Waals surface area contributed by atoms with Crippen LogP contribution in [0.2, 0.25) is 0 Å². The minimum absolute atomic E-state index is 0.0768. The number of hydrogen-bond donors (Lipinski definition) is 10. The number of aromatic amines is 1. The molecule has 12 N–H and O–H groups in total. The molecule has 0 saturated carbocycles. The largest absolute Gasteiger partial charge is 0.481 e. The number of carboxylic acid groups (broad SMARTS) is 2. The van der Waals surface area contributed by atoms with Crippen molar-refractivity contribution in [2.45, 2.75) is 81.6 Å². The molecule has 5 amide bonds. The number of nitrogens with one attached hydrogen (secondary N) is 5. The van der Waals surface area contributed by atoms with E-state index in [0.29, 0.717) is 31.5 Å². The first-order chi connectivity index (χ1) is 21.9. The van der Waals surface area contributed by atoms with E-state index >= 15 is 0 Å². The number of H-pyrrole nitrogens is 1. The van der Waals surface area contributed by atoms with Crippen molar-refractivity contribution in [1.82, 2.24) is 36.1 Å². The first-order valence-electron chi connectivity index (χ1n) is 14.8. The normalized spacial score (nSPS) is 16.8. The van der Waals surface area contributed by atoms with E-state index in [0.717, 1.165) is 0 Å². The number of aliphatic carboxylic acids is 2. The van der Waals surface area contributed by atoms with E-state index in [1.807, 2.05) is 0 Å². The van der Waals surface area contributed by atoms with Gasteiger partial charge in [-0.2, -0.15) is 0 Å². The summed E-state index contributed by atoms with van der Waals surface area (Å²) in [5, 5.41) is 37.6. The van der Waals surface area contributed by atoms with E-state index < -0.39 is 84.8 Å². The Balaban J connectivity index is 1.97. The van der Waals surface area contributed by atoms with Gasteiger partial charge in [-0.3, -0.25) is 28.8 Å². The molecule has 2 heterocycles. The number of carboxylic acids is 2. The molecule has 0 spiro atoms. The van der Waals surface area contributed by atoms with E-state index in [2.05, 4.69) is 31.2 Å². The van der Waals surface area contributed by atoms with Gasteiger partial charge in [-0.1, -0.05) is 0 Å². The summed E-state index contributed by atoms with van der Waals surface area (Å²) in [4.78, 5) is 94.4. The molecule has 19 heteroatoms. The van der Waals surface area contributed by atoms with Crippen LogP contribution in [0.25, 0.3) is 0 Å². The quantitative estimate of drug-likeness (QED) is 0.0599. The molecule has 1 aliphatic rings. The summed E-state index contributed by atoms with van der Waals surface area (Å²) in [6, 6.07) is -6.10. The summed E-state index contributed by atoms with van der Waals surface area (Å²) in [5.41, 5.74) is 11.7. The van der Waals surface area contributed by atoms with Crippen LogP contribution in [0.15, 0.2) is 12.5 Å². The van der Waals surface area contributed by atoms with E-state index in [4.69, 9.17) is 16.6 Å². The van der Waals surface area contributed by atoms with Crippen molar-refractivity contribution in [3.8, 4) is 0 Å². The number of carbonyl (C=O) groups is 7. The zero-order valence-corrected chi connectivity index (χ0v) is 25.3. The molecule has 2 rings (SSSR count). The lowest BCUT2D eigenvalue weighted by molar-refractivity contribution is -0.142. The summed E-state index contributed by atoms with van der Waals surface area (Å²) in [7, 11) is 0. The summed E-state index contributed by atoms with van der Waals surface area (Å²) in [6.45, 7) is -0.955. The van der Waals surface area contributed by atoms with Crippen LogP contribution >= 0.6 is 0 Å². The molecule has 1 aromatic rings. The van der Waals surface area contributed by atoms with E-state index in [1.54, 1.807) is 0 Å². The van der Waals surface area contributed by atoms with Gasteiger partial charge in [-0.25, -0.2) is 9.78 Å². The lowest BCUT2D eigenvalue weighted by Crippen LogP contribution is -2.57. The fraction of sp³-hybridized carbons (Fsp3) is 0.630. The molecule has 0 radical (unpaired) electrons. The third-order valence-electron chi connectivity index (χ3n) is 7.26. The van der Waals surface area contributed by atoms with E-state index in [1.165, 1.54) is 17.4 Å². The van der Waals surface area contributed by atoms with Crippen molar-refractivity contribution >= 4 is 41.5 Å². The summed E-state index contributed by atoms with van der Waals surface area (Å²) in [6.07, 6.45) is 4.09. The smallest absolute Gasteiger partial charge is 0.326 e. The van der Waals surface area contributed by atoms with Crippen molar-refractivity contribution in [3.63, 3.8) is 0 Å². The molecule has 5 atom stereocenters. The van der Waals surface area contributed by atoms with Gasteiger partial charge in [-0.15, -0.1) is 0 Å². The van der Waals surface area contributed by atoms with Crippen molar-refractivity contribution in [3.05, 3.63) is 18.2 Å². The predicted molar refractivity (Wildman–Crippen MR) is 158 cm³/mol. The molecule has 1 aliphatic heterocycles. The Morgan fingerprint density at radius 1 is 1.00 bits per heavy atom. The number of imidazole rings is 1. The third-order valence-corrected chi connectivity index (χ3v) is 7.26. The van der Waals surface area contributed by atoms with Gasteiger partial charge >= 0.3 is 11.9 Å². The molecule has 256 valence electrons. The second kappa shape index (κ2) is 19.0. The minimum Gasteiger partial charge on any atom is -0.481 e. The molecule has 1 saturated heterocycles. The number of hydrogen-bond acceptors (Lipinski definition) is 11. The van der Waals surface area contributed by atoms with Crippen LogP contribution in [-0.4, -0.2) is 128 Å². The number of aliphatic hydroxyl groups excluding tert-OH is 1. The average molecular weight is 654 g/mol. The monoisotopic (exact) mass is 653 g/mol. The molecule has 0 aliphatic carbocycles. The Morgan fingerprint density at radius 3 is 2.35 bits per heavy atom. The summed E-state index contributed by atoms with van der Waals surface area (Å²) < 4.78 is 0. The highest BCUT2D eigenvalue weighted by Gasteiger charge is 2.37. The number of nitrogens with zero attached hydrogens (tertiary/aromatic N) is 2. The molecule has 0 bridgehead atoms. The van der Waals surface area contributed by atoms with Crippen LogP contribution in [0.1, 0.15) is 50.6 Å². The molecule has 46 heavy (non-hydrogen) atoms. The molecule has 1 fully saturated rings. The minimum atomic E-state index is -1.49. The Morgan fingerprint density at radius 2 is 1.74 bits per heavy atom. The van der Waals surface area contributed by atoms with Gasteiger partial charge in [0.1, 0.15) is 24.2 Å². The van der Waals surface area contributed by atoms with Gasteiger partial charge in [0.2, 0.25) is 29.5 Å². The lowest BCUT2D eigenvalue weighted by atomic mass is 10.1. The first-order valence-corrected chi connectivity index (χ1v) is 14.8.